The first kappa shape index (κ1) is 16.7. The minimum Gasteiger partial charge on any atom is -0.272 e. The molecule has 2 aromatic rings. The lowest BCUT2D eigenvalue weighted by Crippen LogP contribution is -2.37. The van der Waals surface area contributed by atoms with Crippen molar-refractivity contribution in [3.05, 3.63) is 65.0 Å². The Morgan fingerprint density at radius 1 is 1.16 bits per heavy atom. The molecule has 0 spiro atoms. The van der Waals surface area contributed by atoms with Gasteiger partial charge < -0.3 is 0 Å². The summed E-state index contributed by atoms with van der Waals surface area (Å²) in [7, 11) is 1.62. The second kappa shape index (κ2) is 6.78. The number of nitrogens with zero attached hydrogens (tertiary/aromatic N) is 3. The van der Waals surface area contributed by atoms with Crippen LogP contribution in [-0.2, 0) is 16.1 Å². The Balaban J connectivity index is 1.91. The summed E-state index contributed by atoms with van der Waals surface area (Å²) in [5, 5.41) is 2.84. The van der Waals surface area contributed by atoms with E-state index in [1.165, 1.54) is 10.0 Å². The van der Waals surface area contributed by atoms with E-state index in [2.05, 4.69) is 16.8 Å². The lowest BCUT2D eigenvalue weighted by atomic mass is 9.93. The summed E-state index contributed by atoms with van der Waals surface area (Å²) in [6.45, 7) is 3.95. The summed E-state index contributed by atoms with van der Waals surface area (Å²) >= 11 is 0. The molecule has 0 aliphatic carbocycles. The van der Waals surface area contributed by atoms with Crippen molar-refractivity contribution in [2.75, 3.05) is 7.05 Å². The van der Waals surface area contributed by atoms with E-state index in [9.17, 15) is 9.59 Å². The van der Waals surface area contributed by atoms with Crippen LogP contribution in [0.4, 0.5) is 0 Å². The Morgan fingerprint density at radius 2 is 1.96 bits per heavy atom. The fourth-order valence-electron chi connectivity index (χ4n) is 3.03. The maximum absolute atomic E-state index is 12.9. The van der Waals surface area contributed by atoms with Gasteiger partial charge in [0.05, 0.1) is 12.2 Å². The molecule has 1 fully saturated rings. The standard InChI is InChI=1S/C20H19N3O2/c1-4-7-15-9-10-17(14(2)12-15)18-19(24)22(3)23(20(18)25)13-16-8-5-6-11-21-16/h5-6,8-12,18H,13H2,1-3H3. The predicted molar refractivity (Wildman–Crippen MR) is 94.0 cm³/mol. The van der Waals surface area contributed by atoms with E-state index in [1.807, 2.05) is 43.3 Å². The molecule has 2 amide bonds. The molecule has 1 aliphatic heterocycles. The number of hydrogen-bond donors (Lipinski definition) is 0. The van der Waals surface area contributed by atoms with Crippen molar-refractivity contribution in [2.24, 2.45) is 0 Å². The zero-order chi connectivity index (χ0) is 18.0. The molecule has 0 radical (unpaired) electrons. The average Bonchev–Trinajstić information content (AvgIpc) is 2.81. The Hall–Kier alpha value is -3.13. The van der Waals surface area contributed by atoms with Crippen molar-refractivity contribution < 1.29 is 9.59 Å². The minimum atomic E-state index is -0.808. The van der Waals surface area contributed by atoms with Crippen molar-refractivity contribution >= 4 is 11.8 Å². The third-order valence-electron chi connectivity index (χ3n) is 4.32. The molecule has 1 aromatic carbocycles. The number of pyridine rings is 1. The van der Waals surface area contributed by atoms with Crippen molar-refractivity contribution in [3.63, 3.8) is 0 Å². The van der Waals surface area contributed by atoms with Crippen LogP contribution in [0.25, 0.3) is 0 Å². The summed E-state index contributed by atoms with van der Waals surface area (Å²) < 4.78 is 0. The summed E-state index contributed by atoms with van der Waals surface area (Å²) in [6.07, 6.45) is 1.67. The maximum Gasteiger partial charge on any atom is 0.258 e. The molecule has 1 atom stereocenters. The van der Waals surface area contributed by atoms with Gasteiger partial charge in [-0.3, -0.25) is 19.6 Å². The number of carbonyl (C=O) groups is 2. The van der Waals surface area contributed by atoms with Gasteiger partial charge in [-0.1, -0.05) is 18.1 Å². The zero-order valence-corrected chi connectivity index (χ0v) is 14.5. The van der Waals surface area contributed by atoms with Gasteiger partial charge in [0.2, 0.25) is 0 Å². The Kier molecular flexibility index (Phi) is 4.53. The van der Waals surface area contributed by atoms with Gasteiger partial charge in [0.1, 0.15) is 5.92 Å². The van der Waals surface area contributed by atoms with E-state index < -0.39 is 5.92 Å². The van der Waals surface area contributed by atoms with Crippen LogP contribution in [0.1, 0.15) is 35.2 Å². The summed E-state index contributed by atoms with van der Waals surface area (Å²) in [5.74, 6) is 4.58. The Labute approximate surface area is 147 Å². The monoisotopic (exact) mass is 333 g/mol. The highest BCUT2D eigenvalue weighted by atomic mass is 16.2. The van der Waals surface area contributed by atoms with Crippen LogP contribution >= 0.6 is 0 Å². The van der Waals surface area contributed by atoms with Crippen LogP contribution in [0.2, 0.25) is 0 Å². The molecular weight excluding hydrogens is 314 g/mol. The Bertz CT molecular complexity index is 881. The van der Waals surface area contributed by atoms with Gasteiger partial charge >= 0.3 is 0 Å². The van der Waals surface area contributed by atoms with Gasteiger partial charge in [-0.25, -0.2) is 5.01 Å². The van der Waals surface area contributed by atoms with Crippen LogP contribution in [0, 0.1) is 18.8 Å². The first-order valence-corrected chi connectivity index (χ1v) is 8.05. The Morgan fingerprint density at radius 3 is 2.60 bits per heavy atom. The topological polar surface area (TPSA) is 53.5 Å². The van der Waals surface area contributed by atoms with Crippen LogP contribution in [0.3, 0.4) is 0 Å². The number of benzene rings is 1. The van der Waals surface area contributed by atoms with Gasteiger partial charge in [0, 0.05) is 18.8 Å². The largest absolute Gasteiger partial charge is 0.272 e. The van der Waals surface area contributed by atoms with Gasteiger partial charge in [0.15, 0.2) is 0 Å². The molecule has 0 saturated carbocycles. The third kappa shape index (κ3) is 3.11. The van der Waals surface area contributed by atoms with Crippen molar-refractivity contribution in [1.82, 2.24) is 15.0 Å². The fraction of sp³-hybridized carbons (Fsp3) is 0.250. The fourth-order valence-corrected chi connectivity index (χ4v) is 3.03. The highest BCUT2D eigenvalue weighted by Gasteiger charge is 2.45. The van der Waals surface area contributed by atoms with Crippen molar-refractivity contribution in [1.29, 1.82) is 0 Å². The summed E-state index contributed by atoms with van der Waals surface area (Å²) in [5.41, 5.74) is 3.23. The van der Waals surface area contributed by atoms with E-state index in [4.69, 9.17) is 0 Å². The number of aromatic nitrogens is 1. The quantitative estimate of drug-likeness (QED) is 0.639. The molecule has 1 saturated heterocycles. The van der Waals surface area contributed by atoms with E-state index >= 15 is 0 Å². The van der Waals surface area contributed by atoms with Crippen LogP contribution in [-0.4, -0.2) is 33.9 Å². The summed E-state index contributed by atoms with van der Waals surface area (Å²) in [6, 6.07) is 11.1. The molecule has 3 rings (SSSR count). The lowest BCUT2D eigenvalue weighted by Gasteiger charge is -2.23. The second-order valence-corrected chi connectivity index (χ2v) is 5.96. The smallest absolute Gasteiger partial charge is 0.258 e. The highest BCUT2D eigenvalue weighted by molar-refractivity contribution is 6.10. The van der Waals surface area contributed by atoms with E-state index in [1.54, 1.807) is 20.2 Å². The first-order valence-electron chi connectivity index (χ1n) is 8.05. The number of likely N-dealkylation sites (N-methyl/N-ethyl adjacent to an activating group) is 1. The molecular formula is C20H19N3O2. The molecule has 5 nitrogen and oxygen atoms in total. The number of hydrogen-bond acceptors (Lipinski definition) is 3. The number of aryl methyl sites for hydroxylation is 1. The minimum absolute atomic E-state index is 0.224. The molecule has 0 N–H and O–H groups in total. The molecule has 0 bridgehead atoms. The lowest BCUT2D eigenvalue weighted by molar-refractivity contribution is -0.145. The SMILES string of the molecule is CC#Cc1ccc(C2C(=O)N(C)N(Cc3ccccn3)C2=O)c(C)c1. The predicted octanol–water partition coefficient (Wildman–Crippen LogP) is 2.26. The van der Waals surface area contributed by atoms with E-state index in [0.29, 0.717) is 0 Å². The van der Waals surface area contributed by atoms with Gasteiger partial charge in [0.25, 0.3) is 11.8 Å². The van der Waals surface area contributed by atoms with Gasteiger partial charge in [-0.05, 0) is 49.2 Å². The van der Waals surface area contributed by atoms with Crippen LogP contribution in [0.15, 0.2) is 42.6 Å². The van der Waals surface area contributed by atoms with Crippen molar-refractivity contribution in [2.45, 2.75) is 26.3 Å². The maximum atomic E-state index is 12.9. The van der Waals surface area contributed by atoms with Gasteiger partial charge in [-0.15, -0.1) is 5.92 Å². The number of hydrazine groups is 1. The molecule has 126 valence electrons. The molecule has 25 heavy (non-hydrogen) atoms. The second-order valence-electron chi connectivity index (χ2n) is 5.96. The van der Waals surface area contributed by atoms with Crippen molar-refractivity contribution in [3.8, 4) is 11.8 Å². The normalized spacial score (nSPS) is 16.8. The van der Waals surface area contributed by atoms with E-state index in [0.717, 1.165) is 22.4 Å². The van der Waals surface area contributed by atoms with Crippen LogP contribution in [0.5, 0.6) is 0 Å². The molecule has 1 unspecified atom stereocenters. The third-order valence-corrected chi connectivity index (χ3v) is 4.32. The van der Waals surface area contributed by atoms with E-state index in [-0.39, 0.29) is 18.4 Å². The zero-order valence-electron chi connectivity index (χ0n) is 14.5. The number of carbonyl (C=O) groups excluding carboxylic acids is 2. The summed E-state index contributed by atoms with van der Waals surface area (Å²) in [4.78, 5) is 29.8. The van der Waals surface area contributed by atoms with Gasteiger partial charge in [-0.2, -0.15) is 0 Å². The number of amides is 2. The molecule has 5 heteroatoms. The van der Waals surface area contributed by atoms with Crippen LogP contribution < -0.4 is 0 Å². The number of rotatable bonds is 3. The average molecular weight is 333 g/mol. The molecule has 1 aliphatic rings. The highest BCUT2D eigenvalue weighted by Crippen LogP contribution is 2.31. The molecule has 1 aromatic heterocycles. The first-order chi connectivity index (χ1) is 12.0. The molecule has 2 heterocycles.